The van der Waals surface area contributed by atoms with Crippen molar-refractivity contribution >= 4 is 17.9 Å². The third kappa shape index (κ3) is 6.61. The van der Waals surface area contributed by atoms with Crippen LogP contribution in [-0.2, 0) is 18.0 Å². The zero-order valence-corrected chi connectivity index (χ0v) is 24.7. The molecular weight excluding hydrogens is 539 g/mol. The second-order valence-corrected chi connectivity index (χ2v) is 13.7. The SMILES string of the molecule is Cn1c(SCCCN2CC[C@@]3(C[C@H]3c3ccc(C(F)(F)F)cc3)C2)nnc1C1CCN(C(=O)OC(C)(C)C)CC1. The second-order valence-electron chi connectivity index (χ2n) is 12.6. The summed E-state index contributed by atoms with van der Waals surface area (Å²) in [6.07, 6.45) is 0.395. The minimum atomic E-state index is -4.28. The van der Waals surface area contributed by atoms with Crippen LogP contribution < -0.4 is 0 Å². The maximum atomic E-state index is 12.9. The fraction of sp³-hybridized carbons (Fsp3) is 0.690. The lowest BCUT2D eigenvalue weighted by molar-refractivity contribution is -0.137. The van der Waals surface area contributed by atoms with Crippen molar-refractivity contribution < 1.29 is 22.7 Å². The van der Waals surface area contributed by atoms with Gasteiger partial charge >= 0.3 is 12.3 Å². The Bertz CT molecular complexity index is 1190. The summed E-state index contributed by atoms with van der Waals surface area (Å²) < 4.78 is 46.3. The van der Waals surface area contributed by atoms with Gasteiger partial charge in [0.25, 0.3) is 0 Å². The molecule has 1 amide bonds. The number of ether oxygens (including phenoxy) is 1. The molecule has 220 valence electrons. The number of carbonyl (C=O) groups is 1. The van der Waals surface area contributed by atoms with Gasteiger partial charge in [0.05, 0.1) is 5.56 Å². The van der Waals surface area contributed by atoms with Crippen molar-refractivity contribution in [2.75, 3.05) is 38.5 Å². The van der Waals surface area contributed by atoms with Crippen LogP contribution in [0.3, 0.4) is 0 Å². The summed E-state index contributed by atoms with van der Waals surface area (Å²) in [5.41, 5.74) is 0.217. The molecule has 2 saturated heterocycles. The van der Waals surface area contributed by atoms with Crippen LogP contribution in [0.2, 0.25) is 0 Å². The number of likely N-dealkylation sites (tertiary alicyclic amines) is 2. The molecule has 5 rings (SSSR count). The van der Waals surface area contributed by atoms with Gasteiger partial charge in [0, 0.05) is 38.4 Å². The van der Waals surface area contributed by atoms with Gasteiger partial charge in [-0.25, -0.2) is 4.79 Å². The van der Waals surface area contributed by atoms with E-state index in [1.54, 1.807) is 28.8 Å². The minimum absolute atomic E-state index is 0.241. The van der Waals surface area contributed by atoms with E-state index in [2.05, 4.69) is 19.7 Å². The molecule has 0 radical (unpaired) electrons. The molecule has 2 aromatic rings. The second kappa shape index (κ2) is 11.2. The summed E-state index contributed by atoms with van der Waals surface area (Å²) >= 11 is 1.73. The zero-order chi connectivity index (χ0) is 28.7. The number of thioether (sulfide) groups is 1. The molecule has 1 aromatic carbocycles. The first kappa shape index (κ1) is 29.2. The van der Waals surface area contributed by atoms with Crippen LogP contribution in [-0.4, -0.2) is 74.7 Å². The van der Waals surface area contributed by atoms with Crippen LogP contribution in [0, 0.1) is 5.41 Å². The van der Waals surface area contributed by atoms with Crippen molar-refractivity contribution in [1.82, 2.24) is 24.6 Å². The standard InChI is InChI=1S/C29H40F3N5O2S/c1-27(2,3)39-26(38)37-14-10-21(11-15-37)24-33-34-25(35(24)4)40-17-5-13-36-16-12-28(19-36)18-23(28)20-6-8-22(9-7-20)29(30,31)32/h6-9,21,23H,5,10-19H2,1-4H3/t23-,28+/m0/s1. The molecule has 1 spiro atoms. The van der Waals surface area contributed by atoms with E-state index in [1.807, 2.05) is 27.8 Å². The van der Waals surface area contributed by atoms with Crippen molar-refractivity contribution in [2.45, 2.75) is 81.6 Å². The quantitative estimate of drug-likeness (QED) is 0.283. The highest BCUT2D eigenvalue weighted by atomic mass is 32.2. The number of halogens is 3. The fourth-order valence-electron chi connectivity index (χ4n) is 6.26. The van der Waals surface area contributed by atoms with Gasteiger partial charge < -0.3 is 19.1 Å². The van der Waals surface area contributed by atoms with Gasteiger partial charge in [0.1, 0.15) is 11.4 Å². The molecule has 40 heavy (non-hydrogen) atoms. The molecule has 0 N–H and O–H groups in total. The highest BCUT2D eigenvalue weighted by Gasteiger charge is 2.57. The molecule has 1 aliphatic carbocycles. The molecule has 3 heterocycles. The first-order valence-corrected chi connectivity index (χ1v) is 15.2. The van der Waals surface area contributed by atoms with E-state index >= 15 is 0 Å². The molecule has 3 aliphatic rings. The number of benzene rings is 1. The van der Waals surface area contributed by atoms with Gasteiger partial charge in [-0.2, -0.15) is 13.2 Å². The monoisotopic (exact) mass is 579 g/mol. The van der Waals surface area contributed by atoms with Crippen molar-refractivity contribution in [3.05, 3.63) is 41.2 Å². The first-order valence-electron chi connectivity index (χ1n) is 14.2. The van der Waals surface area contributed by atoms with Gasteiger partial charge in [-0.15, -0.1) is 10.2 Å². The summed E-state index contributed by atoms with van der Waals surface area (Å²) in [6, 6.07) is 5.77. The molecular formula is C29H40F3N5O2S. The van der Waals surface area contributed by atoms with Gasteiger partial charge in [0.2, 0.25) is 0 Å². The van der Waals surface area contributed by atoms with E-state index in [-0.39, 0.29) is 17.4 Å². The summed E-state index contributed by atoms with van der Waals surface area (Å²) in [4.78, 5) is 16.6. The molecule has 1 aromatic heterocycles. The number of alkyl halides is 3. The number of nitrogens with zero attached hydrogens (tertiary/aromatic N) is 5. The molecule has 11 heteroatoms. The average Bonchev–Trinajstić information content (AvgIpc) is 3.23. The van der Waals surface area contributed by atoms with Gasteiger partial charge in [-0.1, -0.05) is 23.9 Å². The van der Waals surface area contributed by atoms with E-state index in [0.29, 0.717) is 19.0 Å². The summed E-state index contributed by atoms with van der Waals surface area (Å²) in [5, 5.41) is 9.86. The number of carbonyl (C=O) groups excluding carboxylic acids is 1. The van der Waals surface area contributed by atoms with Crippen molar-refractivity contribution in [3.63, 3.8) is 0 Å². The van der Waals surface area contributed by atoms with E-state index in [1.165, 1.54) is 12.1 Å². The molecule has 0 bridgehead atoms. The average molecular weight is 580 g/mol. The first-order chi connectivity index (χ1) is 18.8. The summed E-state index contributed by atoms with van der Waals surface area (Å²) in [6.45, 7) is 10.1. The highest BCUT2D eigenvalue weighted by Crippen LogP contribution is 2.64. The Balaban J connectivity index is 1.03. The Morgan fingerprint density at radius 1 is 1.10 bits per heavy atom. The highest BCUT2D eigenvalue weighted by molar-refractivity contribution is 7.99. The predicted molar refractivity (Wildman–Crippen MR) is 148 cm³/mol. The van der Waals surface area contributed by atoms with Gasteiger partial charge in [0.15, 0.2) is 5.16 Å². The van der Waals surface area contributed by atoms with Crippen LogP contribution in [0.1, 0.15) is 81.7 Å². The molecule has 7 nitrogen and oxygen atoms in total. The predicted octanol–water partition coefficient (Wildman–Crippen LogP) is 6.31. The number of hydrogen-bond donors (Lipinski definition) is 0. The Hall–Kier alpha value is -2.27. The topological polar surface area (TPSA) is 63.5 Å². The third-order valence-electron chi connectivity index (χ3n) is 8.52. The molecule has 1 saturated carbocycles. The number of aromatic nitrogens is 3. The lowest BCUT2D eigenvalue weighted by atomic mass is 9.96. The number of rotatable bonds is 7. The normalized spacial score (nSPS) is 24.2. The van der Waals surface area contributed by atoms with Crippen molar-refractivity contribution in [1.29, 1.82) is 0 Å². The largest absolute Gasteiger partial charge is 0.444 e. The van der Waals surface area contributed by atoms with Crippen LogP contribution in [0.4, 0.5) is 18.0 Å². The summed E-state index contributed by atoms with van der Waals surface area (Å²) in [5.74, 6) is 2.59. The van der Waals surface area contributed by atoms with Crippen LogP contribution in [0.5, 0.6) is 0 Å². The van der Waals surface area contributed by atoms with E-state index < -0.39 is 17.3 Å². The van der Waals surface area contributed by atoms with Crippen molar-refractivity contribution in [2.24, 2.45) is 12.5 Å². The van der Waals surface area contributed by atoms with Gasteiger partial charge in [-0.3, -0.25) is 0 Å². The lowest BCUT2D eigenvalue weighted by Gasteiger charge is -2.33. The van der Waals surface area contributed by atoms with Crippen LogP contribution >= 0.6 is 11.8 Å². The Kier molecular flexibility index (Phi) is 8.18. The molecule has 2 atom stereocenters. The van der Waals surface area contributed by atoms with E-state index in [9.17, 15) is 18.0 Å². The molecule has 0 unspecified atom stereocenters. The summed E-state index contributed by atoms with van der Waals surface area (Å²) in [7, 11) is 2.02. The third-order valence-corrected chi connectivity index (χ3v) is 9.63. The fourth-order valence-corrected chi connectivity index (χ4v) is 7.10. The Morgan fingerprint density at radius 3 is 2.45 bits per heavy atom. The number of hydrogen-bond acceptors (Lipinski definition) is 6. The van der Waals surface area contributed by atoms with E-state index in [4.69, 9.17) is 4.74 Å². The maximum absolute atomic E-state index is 12.9. The Morgan fingerprint density at radius 2 is 1.80 bits per heavy atom. The number of amides is 1. The van der Waals surface area contributed by atoms with Gasteiger partial charge in [-0.05, 0) is 95.0 Å². The smallest absolute Gasteiger partial charge is 0.416 e. The van der Waals surface area contributed by atoms with E-state index in [0.717, 1.165) is 74.0 Å². The lowest BCUT2D eigenvalue weighted by Crippen LogP contribution is -2.41. The van der Waals surface area contributed by atoms with Crippen LogP contribution in [0.15, 0.2) is 29.4 Å². The minimum Gasteiger partial charge on any atom is -0.444 e. The Labute approximate surface area is 238 Å². The maximum Gasteiger partial charge on any atom is 0.416 e. The molecule has 2 aliphatic heterocycles. The zero-order valence-electron chi connectivity index (χ0n) is 23.8. The number of piperidine rings is 1. The van der Waals surface area contributed by atoms with Crippen LogP contribution in [0.25, 0.3) is 0 Å². The van der Waals surface area contributed by atoms with Crippen molar-refractivity contribution in [3.8, 4) is 0 Å². The molecule has 3 fully saturated rings.